The summed E-state index contributed by atoms with van der Waals surface area (Å²) in [5, 5.41) is 22.7. The Hall–Kier alpha value is -2.40. The van der Waals surface area contributed by atoms with Crippen molar-refractivity contribution in [2.45, 2.75) is 95.2 Å². The first kappa shape index (κ1) is 32.1. The van der Waals surface area contributed by atoms with E-state index in [9.17, 15) is 27.1 Å². The number of carbonyl (C=O) groups is 1. The molecule has 0 radical (unpaired) electrons. The molecule has 5 N–H and O–H groups in total. The van der Waals surface area contributed by atoms with Crippen LogP contribution in [0, 0.1) is 11.6 Å². The fraction of sp³-hybridized carbons (Fsp3) is 0.567. The minimum absolute atomic E-state index is 0.00896. The number of nitrogens with one attached hydrogen (secondary N) is 2. The van der Waals surface area contributed by atoms with E-state index >= 15 is 0 Å². The van der Waals surface area contributed by atoms with E-state index in [1.54, 1.807) is 0 Å². The first-order valence-electron chi connectivity index (χ1n) is 14.0. The molecule has 1 saturated carbocycles. The van der Waals surface area contributed by atoms with Crippen molar-refractivity contribution < 1.29 is 27.1 Å². The fourth-order valence-electron chi connectivity index (χ4n) is 5.43. The number of halogens is 2. The van der Waals surface area contributed by atoms with Crippen LogP contribution >= 0.6 is 0 Å². The van der Waals surface area contributed by atoms with Crippen molar-refractivity contribution in [3.63, 3.8) is 0 Å². The van der Waals surface area contributed by atoms with Gasteiger partial charge in [0.25, 0.3) is 0 Å². The van der Waals surface area contributed by atoms with Crippen LogP contribution in [0.1, 0.15) is 82.4 Å². The number of nitrogens with two attached hydrogens (primary N) is 1. The van der Waals surface area contributed by atoms with E-state index in [0.29, 0.717) is 0 Å². The lowest BCUT2D eigenvalue weighted by Crippen LogP contribution is -2.53. The topological polar surface area (TPSA) is 122 Å². The van der Waals surface area contributed by atoms with Crippen molar-refractivity contribution in [3.05, 3.63) is 70.8 Å². The van der Waals surface area contributed by atoms with E-state index in [4.69, 9.17) is 5.14 Å². The Morgan fingerprint density at radius 2 is 1.73 bits per heavy atom. The van der Waals surface area contributed by atoms with Crippen LogP contribution in [0.3, 0.4) is 0 Å². The maximum absolute atomic E-state index is 13.9. The number of carbonyl (C=O) groups excluding carboxylic acids is 1. The minimum Gasteiger partial charge on any atom is -0.390 e. The van der Waals surface area contributed by atoms with Gasteiger partial charge in [-0.05, 0) is 59.9 Å². The summed E-state index contributed by atoms with van der Waals surface area (Å²) in [4.78, 5) is 12.7. The van der Waals surface area contributed by atoms with Gasteiger partial charge in [0, 0.05) is 24.6 Å². The molecule has 1 amide bonds. The minimum atomic E-state index is -3.71. The lowest BCUT2D eigenvalue weighted by Gasteiger charge is -2.41. The van der Waals surface area contributed by atoms with Gasteiger partial charge in [-0.1, -0.05) is 64.3 Å². The highest BCUT2D eigenvalue weighted by molar-refractivity contribution is 7.89. The van der Waals surface area contributed by atoms with Gasteiger partial charge in [0.15, 0.2) is 0 Å². The number of aliphatic hydroxyl groups excluding tert-OH is 1. The quantitative estimate of drug-likeness (QED) is 0.301. The predicted octanol–water partition coefficient (Wildman–Crippen LogP) is 4.17. The van der Waals surface area contributed by atoms with Gasteiger partial charge in [-0.15, -0.1) is 0 Å². The van der Waals surface area contributed by atoms with Crippen LogP contribution in [0.25, 0.3) is 0 Å². The lowest BCUT2D eigenvalue weighted by atomic mass is 9.74. The Kier molecular flexibility index (Phi) is 10.8. The molecule has 1 aliphatic rings. The molecule has 0 spiro atoms. The van der Waals surface area contributed by atoms with Gasteiger partial charge in [-0.25, -0.2) is 22.3 Å². The van der Waals surface area contributed by atoms with E-state index in [1.807, 2.05) is 0 Å². The maximum Gasteiger partial charge on any atom is 0.220 e. The molecule has 0 saturated heterocycles. The second-order valence-electron chi connectivity index (χ2n) is 12.0. The number of sulfonamides is 1. The summed E-state index contributed by atoms with van der Waals surface area (Å²) in [5.41, 5.74) is 2.29. The van der Waals surface area contributed by atoms with Crippen LogP contribution in [0.15, 0.2) is 42.5 Å². The highest BCUT2D eigenvalue weighted by Crippen LogP contribution is 2.38. The number of rotatable bonds is 12. The van der Waals surface area contributed by atoms with E-state index in [0.717, 1.165) is 43.7 Å². The summed E-state index contributed by atoms with van der Waals surface area (Å²) in [6.45, 7) is 6.65. The van der Waals surface area contributed by atoms with Crippen LogP contribution in [-0.2, 0) is 32.2 Å². The molecule has 3 rings (SSSR count). The average Bonchev–Trinajstić information content (AvgIpc) is 2.85. The second kappa shape index (κ2) is 13.5. The standard InChI is InChI=1S/C30H43F2N3O4S/c1-29(2,3)22-9-7-10-23(18-22)30(12-5-4-6-13-30)34-20-27(36)26(17-21-15-24(31)19-25(32)16-21)35-28(37)11-8-14-40(33,38)39/h7,9-10,15-16,18-19,26-27,34,36H,4-6,8,11-14,17,20H2,1-3H3,(H,35,37)(H2,33,38,39)/t26?,27-/m0/s1. The molecule has 0 aromatic heterocycles. The average molecular weight is 580 g/mol. The summed E-state index contributed by atoms with van der Waals surface area (Å²) in [5.74, 6) is -2.32. The number of benzene rings is 2. The van der Waals surface area contributed by atoms with Gasteiger partial charge in [0.1, 0.15) is 11.6 Å². The molecule has 222 valence electrons. The van der Waals surface area contributed by atoms with Crippen molar-refractivity contribution in [1.82, 2.24) is 10.6 Å². The molecule has 7 nitrogen and oxygen atoms in total. The molecule has 1 unspecified atom stereocenters. The largest absolute Gasteiger partial charge is 0.390 e. The van der Waals surface area contributed by atoms with Gasteiger partial charge < -0.3 is 15.7 Å². The van der Waals surface area contributed by atoms with Gasteiger partial charge in [-0.2, -0.15) is 0 Å². The van der Waals surface area contributed by atoms with Gasteiger partial charge >= 0.3 is 0 Å². The normalized spacial score (nSPS) is 17.3. The molecule has 1 aliphatic carbocycles. The molecule has 2 aromatic carbocycles. The third-order valence-corrected chi connectivity index (χ3v) is 8.52. The Morgan fingerprint density at radius 3 is 2.33 bits per heavy atom. The molecular formula is C30H43F2N3O4S. The van der Waals surface area contributed by atoms with Crippen molar-refractivity contribution in [3.8, 4) is 0 Å². The maximum atomic E-state index is 13.9. The first-order valence-corrected chi connectivity index (χ1v) is 15.7. The predicted molar refractivity (Wildman–Crippen MR) is 153 cm³/mol. The first-order chi connectivity index (χ1) is 18.7. The highest BCUT2D eigenvalue weighted by atomic mass is 32.2. The number of aliphatic hydroxyl groups is 1. The van der Waals surface area contributed by atoms with Gasteiger partial charge in [-0.3, -0.25) is 4.79 Å². The van der Waals surface area contributed by atoms with Crippen LogP contribution in [0.5, 0.6) is 0 Å². The fourth-order valence-corrected chi connectivity index (χ4v) is 5.97. The molecule has 0 heterocycles. The zero-order valence-corrected chi connectivity index (χ0v) is 24.5. The van der Waals surface area contributed by atoms with Crippen molar-refractivity contribution in [2.24, 2.45) is 5.14 Å². The number of hydrogen-bond acceptors (Lipinski definition) is 5. The van der Waals surface area contributed by atoms with Crippen molar-refractivity contribution in [2.75, 3.05) is 12.3 Å². The highest BCUT2D eigenvalue weighted by Gasteiger charge is 2.35. The smallest absolute Gasteiger partial charge is 0.220 e. The third-order valence-electron chi connectivity index (χ3n) is 7.66. The van der Waals surface area contributed by atoms with E-state index in [2.05, 4.69) is 55.7 Å². The molecule has 0 bridgehead atoms. The SMILES string of the molecule is CC(C)(C)c1cccc(C2(NC[C@H](O)C(Cc3cc(F)cc(F)c3)NC(=O)CCCS(N)(=O)=O)CCCCC2)c1. The van der Waals surface area contributed by atoms with Crippen LogP contribution in [0.2, 0.25) is 0 Å². The van der Waals surface area contributed by atoms with E-state index in [-0.39, 0.29) is 48.1 Å². The lowest BCUT2D eigenvalue weighted by molar-refractivity contribution is -0.122. The van der Waals surface area contributed by atoms with Crippen LogP contribution < -0.4 is 15.8 Å². The zero-order valence-electron chi connectivity index (χ0n) is 23.7. The summed E-state index contributed by atoms with van der Waals surface area (Å²) in [6.07, 6.45) is 3.81. The zero-order chi connectivity index (χ0) is 29.6. The molecule has 40 heavy (non-hydrogen) atoms. The molecule has 2 aromatic rings. The number of primary sulfonamides is 1. The Balaban J connectivity index is 1.80. The molecular weight excluding hydrogens is 536 g/mol. The molecule has 10 heteroatoms. The Labute approximate surface area is 237 Å². The molecule has 0 aliphatic heterocycles. The monoisotopic (exact) mass is 579 g/mol. The van der Waals surface area contributed by atoms with E-state index in [1.165, 1.54) is 17.7 Å². The number of hydrogen-bond donors (Lipinski definition) is 4. The van der Waals surface area contributed by atoms with Crippen molar-refractivity contribution >= 4 is 15.9 Å². The van der Waals surface area contributed by atoms with Gasteiger partial charge in [0.2, 0.25) is 15.9 Å². The molecule has 2 atom stereocenters. The Bertz CT molecular complexity index is 1240. The summed E-state index contributed by atoms with van der Waals surface area (Å²) in [7, 11) is -3.71. The van der Waals surface area contributed by atoms with Gasteiger partial charge in [0.05, 0.1) is 17.9 Å². The molecule has 1 fully saturated rings. The number of amides is 1. The summed E-state index contributed by atoms with van der Waals surface area (Å²) >= 11 is 0. The van der Waals surface area contributed by atoms with Crippen LogP contribution in [0.4, 0.5) is 8.78 Å². The van der Waals surface area contributed by atoms with Crippen LogP contribution in [-0.4, -0.2) is 43.9 Å². The summed E-state index contributed by atoms with van der Waals surface area (Å²) < 4.78 is 50.3. The second-order valence-corrected chi connectivity index (χ2v) is 13.8. The Morgan fingerprint density at radius 1 is 1.07 bits per heavy atom. The van der Waals surface area contributed by atoms with E-state index < -0.39 is 39.7 Å². The van der Waals surface area contributed by atoms with Crippen molar-refractivity contribution in [1.29, 1.82) is 0 Å². The summed E-state index contributed by atoms with van der Waals surface area (Å²) in [6, 6.07) is 10.8. The third kappa shape index (κ3) is 9.61.